The highest BCUT2D eigenvalue weighted by Gasteiger charge is 2.19. The summed E-state index contributed by atoms with van der Waals surface area (Å²) in [5.74, 6) is 0.181. The van der Waals surface area contributed by atoms with E-state index in [1.165, 1.54) is 13.2 Å². The number of nitrogens with zero attached hydrogens (tertiary/aromatic N) is 2. The van der Waals surface area contributed by atoms with Crippen molar-refractivity contribution in [2.75, 3.05) is 24.2 Å². The molecule has 0 unspecified atom stereocenters. The van der Waals surface area contributed by atoms with Gasteiger partial charge in [-0.15, -0.1) is 0 Å². The largest absolute Gasteiger partial charge is 0.495 e. The van der Waals surface area contributed by atoms with Crippen LogP contribution in [0.5, 0.6) is 5.75 Å². The Morgan fingerprint density at radius 1 is 1.35 bits per heavy atom. The molecule has 0 saturated heterocycles. The third-order valence-electron chi connectivity index (χ3n) is 3.58. The summed E-state index contributed by atoms with van der Waals surface area (Å²) in [5, 5.41) is 3.03. The van der Waals surface area contributed by atoms with Gasteiger partial charge in [0.15, 0.2) is 0 Å². The number of sulfonamides is 1. The first kappa shape index (κ1) is 20.0. The topological polar surface area (TPSA) is 88.6 Å². The van der Waals surface area contributed by atoms with Crippen molar-refractivity contribution in [2.24, 2.45) is 0 Å². The average Bonchev–Trinajstić information content (AvgIpc) is 2.60. The molecule has 0 aliphatic heterocycles. The Bertz CT molecular complexity index is 860. The number of halogens is 1. The van der Waals surface area contributed by atoms with Crippen LogP contribution in [0, 0.1) is 0 Å². The highest BCUT2D eigenvalue weighted by atomic mass is 35.5. The van der Waals surface area contributed by atoms with E-state index in [1.54, 1.807) is 30.6 Å². The summed E-state index contributed by atoms with van der Waals surface area (Å²) in [7, 11) is -2.10. The van der Waals surface area contributed by atoms with Crippen molar-refractivity contribution >= 4 is 33.2 Å². The van der Waals surface area contributed by atoms with Gasteiger partial charge in [0, 0.05) is 31.9 Å². The van der Waals surface area contributed by atoms with E-state index in [0.29, 0.717) is 23.0 Å². The van der Waals surface area contributed by atoms with Gasteiger partial charge in [0.2, 0.25) is 15.9 Å². The molecule has 7 nitrogen and oxygen atoms in total. The smallest absolute Gasteiger partial charge is 0.232 e. The Balaban J connectivity index is 2.02. The minimum absolute atomic E-state index is 0.000361. The zero-order chi connectivity index (χ0) is 19.2. The molecule has 9 heteroatoms. The van der Waals surface area contributed by atoms with Gasteiger partial charge in [-0.05, 0) is 29.8 Å². The average molecular weight is 398 g/mol. The monoisotopic (exact) mass is 397 g/mol. The third kappa shape index (κ3) is 5.60. The van der Waals surface area contributed by atoms with Gasteiger partial charge < -0.3 is 10.1 Å². The second-order valence-corrected chi connectivity index (χ2v) is 7.86. The van der Waals surface area contributed by atoms with Gasteiger partial charge in [-0.25, -0.2) is 8.42 Å². The summed E-state index contributed by atoms with van der Waals surface area (Å²) in [6.07, 6.45) is 4.40. The van der Waals surface area contributed by atoms with Crippen LogP contribution in [-0.2, 0) is 21.4 Å². The quantitative estimate of drug-likeness (QED) is 0.737. The van der Waals surface area contributed by atoms with Gasteiger partial charge in [0.05, 0.1) is 24.1 Å². The molecule has 1 N–H and O–H groups in total. The molecule has 1 aromatic heterocycles. The van der Waals surface area contributed by atoms with E-state index in [9.17, 15) is 13.2 Å². The van der Waals surface area contributed by atoms with E-state index >= 15 is 0 Å². The molecule has 0 bridgehead atoms. The first-order valence-electron chi connectivity index (χ1n) is 7.78. The van der Waals surface area contributed by atoms with Crippen LogP contribution in [0.2, 0.25) is 5.02 Å². The number of carbonyl (C=O) groups is 1. The van der Waals surface area contributed by atoms with Crippen LogP contribution >= 0.6 is 11.6 Å². The van der Waals surface area contributed by atoms with Crippen molar-refractivity contribution in [1.29, 1.82) is 0 Å². The zero-order valence-electron chi connectivity index (χ0n) is 14.5. The van der Waals surface area contributed by atoms with Gasteiger partial charge in [-0.2, -0.15) is 0 Å². The number of nitrogens with one attached hydrogen (secondary N) is 1. The number of aromatic nitrogens is 1. The van der Waals surface area contributed by atoms with Crippen molar-refractivity contribution in [3.8, 4) is 5.75 Å². The van der Waals surface area contributed by atoms with Crippen LogP contribution < -0.4 is 14.4 Å². The number of hydrogen-bond acceptors (Lipinski definition) is 5. The van der Waals surface area contributed by atoms with Crippen LogP contribution in [0.15, 0.2) is 42.7 Å². The summed E-state index contributed by atoms with van der Waals surface area (Å²) in [6.45, 7) is 0.334. The second-order valence-electron chi connectivity index (χ2n) is 5.54. The number of ether oxygens (including phenoxy) is 1. The highest BCUT2D eigenvalue weighted by Crippen LogP contribution is 2.30. The fourth-order valence-corrected chi connectivity index (χ4v) is 3.46. The predicted octanol–water partition coefficient (Wildman–Crippen LogP) is 2.22. The van der Waals surface area contributed by atoms with E-state index in [-0.39, 0.29) is 18.9 Å². The molecule has 0 fully saturated rings. The minimum atomic E-state index is -3.57. The van der Waals surface area contributed by atoms with Gasteiger partial charge in [0.25, 0.3) is 0 Å². The molecule has 2 aromatic rings. The number of anilines is 1. The number of methoxy groups -OCH3 is 1. The van der Waals surface area contributed by atoms with Crippen LogP contribution in [0.4, 0.5) is 5.69 Å². The number of carbonyl (C=O) groups excluding carboxylic acids is 1. The Kier molecular flexibility index (Phi) is 6.82. The number of hydrogen-bond donors (Lipinski definition) is 1. The molecular formula is C17H20ClN3O4S. The maximum atomic E-state index is 12.1. The van der Waals surface area contributed by atoms with Crippen LogP contribution in [0.1, 0.15) is 12.0 Å². The van der Waals surface area contributed by atoms with Crippen molar-refractivity contribution < 1.29 is 17.9 Å². The normalized spacial score (nSPS) is 11.0. The maximum absolute atomic E-state index is 12.1. The van der Waals surface area contributed by atoms with Gasteiger partial charge in [0.1, 0.15) is 5.75 Å². The number of pyridine rings is 1. The molecule has 0 spiro atoms. The molecule has 1 aromatic carbocycles. The Labute approximate surface area is 158 Å². The van der Waals surface area contributed by atoms with E-state index in [2.05, 4.69) is 10.3 Å². The molecule has 1 amide bonds. The molecule has 140 valence electrons. The molecule has 0 saturated carbocycles. The first-order valence-corrected chi connectivity index (χ1v) is 10.0. The molecule has 0 aliphatic rings. The Hall–Kier alpha value is -2.32. The van der Waals surface area contributed by atoms with Crippen LogP contribution in [0.3, 0.4) is 0 Å². The van der Waals surface area contributed by atoms with Crippen molar-refractivity contribution in [3.05, 3.63) is 53.3 Å². The molecule has 26 heavy (non-hydrogen) atoms. The van der Waals surface area contributed by atoms with E-state index in [1.807, 2.05) is 6.07 Å². The summed E-state index contributed by atoms with van der Waals surface area (Å²) in [5.41, 5.74) is 1.24. The minimum Gasteiger partial charge on any atom is -0.495 e. The van der Waals surface area contributed by atoms with Crippen LogP contribution in [-0.4, -0.2) is 39.2 Å². The zero-order valence-corrected chi connectivity index (χ0v) is 16.0. The summed E-state index contributed by atoms with van der Waals surface area (Å²) in [6, 6.07) is 8.28. The van der Waals surface area contributed by atoms with E-state index < -0.39 is 10.0 Å². The molecular weight excluding hydrogens is 378 g/mol. The number of benzene rings is 1. The fourth-order valence-electron chi connectivity index (χ4n) is 2.29. The summed E-state index contributed by atoms with van der Waals surface area (Å²) >= 11 is 6.07. The fraction of sp³-hybridized carbons (Fsp3) is 0.294. The van der Waals surface area contributed by atoms with E-state index in [4.69, 9.17) is 16.3 Å². The van der Waals surface area contributed by atoms with Gasteiger partial charge in [-0.1, -0.05) is 17.7 Å². The van der Waals surface area contributed by atoms with Crippen molar-refractivity contribution in [1.82, 2.24) is 10.3 Å². The van der Waals surface area contributed by atoms with Gasteiger partial charge in [-0.3, -0.25) is 14.1 Å². The second kappa shape index (κ2) is 8.86. The van der Waals surface area contributed by atoms with Crippen molar-refractivity contribution in [2.45, 2.75) is 13.0 Å². The van der Waals surface area contributed by atoms with Crippen molar-refractivity contribution in [3.63, 3.8) is 0 Å². The molecule has 1 heterocycles. The number of rotatable bonds is 8. The SMILES string of the molecule is COc1ccc(N(CCC(=O)NCc2cccnc2)S(C)(=O)=O)cc1Cl. The first-order chi connectivity index (χ1) is 12.3. The molecule has 0 atom stereocenters. The maximum Gasteiger partial charge on any atom is 0.232 e. The number of amides is 1. The molecule has 0 radical (unpaired) electrons. The lowest BCUT2D eigenvalue weighted by atomic mass is 10.2. The predicted molar refractivity (Wildman–Crippen MR) is 101 cm³/mol. The lowest BCUT2D eigenvalue weighted by Gasteiger charge is -2.22. The van der Waals surface area contributed by atoms with E-state index in [0.717, 1.165) is 16.1 Å². The van der Waals surface area contributed by atoms with Gasteiger partial charge >= 0.3 is 0 Å². The standard InChI is InChI=1S/C17H20ClN3O4S/c1-25-16-6-5-14(10-15(16)18)21(26(2,23)24)9-7-17(22)20-12-13-4-3-8-19-11-13/h3-6,8,10-11H,7,9,12H2,1-2H3,(H,20,22). The lowest BCUT2D eigenvalue weighted by molar-refractivity contribution is -0.121. The Morgan fingerprint density at radius 3 is 2.69 bits per heavy atom. The van der Waals surface area contributed by atoms with Crippen LogP contribution in [0.25, 0.3) is 0 Å². The molecule has 0 aliphatic carbocycles. The summed E-state index contributed by atoms with van der Waals surface area (Å²) in [4.78, 5) is 16.0. The highest BCUT2D eigenvalue weighted by molar-refractivity contribution is 7.92. The Morgan fingerprint density at radius 2 is 2.12 bits per heavy atom. The molecule has 2 rings (SSSR count). The lowest BCUT2D eigenvalue weighted by Crippen LogP contribution is -2.34. The summed E-state index contributed by atoms with van der Waals surface area (Å²) < 4.78 is 30.4. The third-order valence-corrected chi connectivity index (χ3v) is 5.07.